The van der Waals surface area contributed by atoms with E-state index in [9.17, 15) is 0 Å². The molecule has 0 N–H and O–H groups in total. The first-order chi connectivity index (χ1) is 27.3. The second-order valence-corrected chi connectivity index (χ2v) is 13.6. The van der Waals surface area contributed by atoms with Gasteiger partial charge >= 0.3 is 0 Å². The molecular formula is C51H33N3O. The Hall–Kier alpha value is -7.43. The summed E-state index contributed by atoms with van der Waals surface area (Å²) in [5.41, 5.74) is 13.6. The molecule has 2 aromatic heterocycles. The van der Waals surface area contributed by atoms with Gasteiger partial charge in [0, 0.05) is 27.5 Å². The minimum Gasteiger partial charge on any atom is -0.456 e. The average Bonchev–Trinajstić information content (AvgIpc) is 3.65. The van der Waals surface area contributed by atoms with Crippen molar-refractivity contribution >= 4 is 21.9 Å². The zero-order chi connectivity index (χ0) is 36.6. The van der Waals surface area contributed by atoms with E-state index in [1.807, 2.05) is 72.8 Å². The topological polar surface area (TPSA) is 51.8 Å². The van der Waals surface area contributed by atoms with Crippen molar-refractivity contribution in [3.05, 3.63) is 200 Å². The maximum absolute atomic E-state index is 6.54. The average molecular weight is 704 g/mol. The molecule has 0 fully saturated rings. The third-order valence-electron chi connectivity index (χ3n) is 10.2. The lowest BCUT2D eigenvalue weighted by Gasteiger charge is -2.17. The second-order valence-electron chi connectivity index (χ2n) is 13.6. The molecular weight excluding hydrogens is 671 g/mol. The molecule has 0 saturated carbocycles. The van der Waals surface area contributed by atoms with Gasteiger partial charge in [-0.1, -0.05) is 176 Å². The molecule has 0 unspecified atom stereocenters. The summed E-state index contributed by atoms with van der Waals surface area (Å²) < 4.78 is 6.54. The van der Waals surface area contributed by atoms with Crippen molar-refractivity contribution in [2.45, 2.75) is 0 Å². The van der Waals surface area contributed by atoms with E-state index >= 15 is 0 Å². The minimum absolute atomic E-state index is 0.593. The largest absolute Gasteiger partial charge is 0.456 e. The summed E-state index contributed by atoms with van der Waals surface area (Å²) in [5, 5.41) is 1.97. The van der Waals surface area contributed by atoms with E-state index in [-0.39, 0.29) is 0 Å². The van der Waals surface area contributed by atoms with Gasteiger partial charge in [-0.2, -0.15) is 0 Å². The Morgan fingerprint density at radius 1 is 0.291 bits per heavy atom. The van der Waals surface area contributed by atoms with Crippen LogP contribution in [0.5, 0.6) is 0 Å². The van der Waals surface area contributed by atoms with Gasteiger partial charge in [-0.25, -0.2) is 15.0 Å². The van der Waals surface area contributed by atoms with Crippen LogP contribution in [0.25, 0.3) is 101 Å². The van der Waals surface area contributed by atoms with E-state index in [0.29, 0.717) is 17.5 Å². The lowest BCUT2D eigenvalue weighted by molar-refractivity contribution is 0.669. The molecule has 4 nitrogen and oxygen atoms in total. The third kappa shape index (κ3) is 6.06. The molecule has 0 saturated heterocycles. The summed E-state index contributed by atoms with van der Waals surface area (Å²) in [7, 11) is 0. The molecule has 0 radical (unpaired) electrons. The lowest BCUT2D eigenvalue weighted by Crippen LogP contribution is -2.00. The Kier molecular flexibility index (Phi) is 8.12. The summed E-state index contributed by atoms with van der Waals surface area (Å²) in [4.78, 5) is 15.1. The van der Waals surface area contributed by atoms with Gasteiger partial charge in [0.1, 0.15) is 11.2 Å². The predicted octanol–water partition coefficient (Wildman–Crippen LogP) is 13.4. The summed E-state index contributed by atoms with van der Waals surface area (Å²) in [6.07, 6.45) is 0. The molecule has 0 aliphatic heterocycles. The first-order valence-corrected chi connectivity index (χ1v) is 18.4. The fraction of sp³-hybridized carbons (Fsp3) is 0. The molecule has 4 heteroatoms. The van der Waals surface area contributed by atoms with Crippen LogP contribution >= 0.6 is 0 Å². The van der Waals surface area contributed by atoms with Crippen molar-refractivity contribution < 1.29 is 4.42 Å². The molecule has 8 aromatic carbocycles. The highest BCUT2D eigenvalue weighted by Crippen LogP contribution is 2.44. The molecule has 0 aliphatic carbocycles. The fourth-order valence-corrected chi connectivity index (χ4v) is 7.56. The van der Waals surface area contributed by atoms with E-state index in [1.165, 1.54) is 27.8 Å². The fourth-order valence-electron chi connectivity index (χ4n) is 7.56. The monoisotopic (exact) mass is 703 g/mol. The van der Waals surface area contributed by atoms with Gasteiger partial charge in [-0.05, 0) is 68.8 Å². The maximum atomic E-state index is 6.54. The first kappa shape index (κ1) is 32.2. The van der Waals surface area contributed by atoms with Crippen LogP contribution in [0.2, 0.25) is 0 Å². The van der Waals surface area contributed by atoms with E-state index in [0.717, 1.165) is 55.3 Å². The molecule has 55 heavy (non-hydrogen) atoms. The molecule has 2 heterocycles. The van der Waals surface area contributed by atoms with Gasteiger partial charge in [-0.3, -0.25) is 0 Å². The van der Waals surface area contributed by atoms with E-state index in [1.54, 1.807) is 0 Å². The van der Waals surface area contributed by atoms with Crippen LogP contribution in [-0.2, 0) is 0 Å². The van der Waals surface area contributed by atoms with Crippen LogP contribution in [-0.4, -0.2) is 15.0 Å². The van der Waals surface area contributed by atoms with Gasteiger partial charge in [0.05, 0.1) is 0 Å². The Balaban J connectivity index is 1.19. The number of hydrogen-bond donors (Lipinski definition) is 0. The number of nitrogens with zero attached hydrogens (tertiary/aromatic N) is 3. The Labute approximate surface area is 319 Å². The second kappa shape index (κ2) is 13.8. The van der Waals surface area contributed by atoms with Crippen LogP contribution in [0.1, 0.15) is 0 Å². The summed E-state index contributed by atoms with van der Waals surface area (Å²) >= 11 is 0. The van der Waals surface area contributed by atoms with Gasteiger partial charge in [0.15, 0.2) is 17.5 Å². The smallest absolute Gasteiger partial charge is 0.164 e. The Bertz CT molecular complexity index is 2900. The van der Waals surface area contributed by atoms with Crippen molar-refractivity contribution in [3.8, 4) is 78.7 Å². The van der Waals surface area contributed by atoms with Gasteiger partial charge in [0.2, 0.25) is 0 Å². The zero-order valence-corrected chi connectivity index (χ0v) is 29.8. The van der Waals surface area contributed by atoms with Crippen LogP contribution in [0.3, 0.4) is 0 Å². The van der Waals surface area contributed by atoms with Crippen LogP contribution in [0.4, 0.5) is 0 Å². The highest BCUT2D eigenvalue weighted by Gasteiger charge is 2.20. The quantitative estimate of drug-likeness (QED) is 0.166. The van der Waals surface area contributed by atoms with Crippen LogP contribution in [0.15, 0.2) is 205 Å². The van der Waals surface area contributed by atoms with E-state index < -0.39 is 0 Å². The molecule has 258 valence electrons. The van der Waals surface area contributed by atoms with Crippen molar-refractivity contribution in [2.24, 2.45) is 0 Å². The van der Waals surface area contributed by atoms with E-state index in [4.69, 9.17) is 19.4 Å². The number of aromatic nitrogens is 3. The number of rotatable bonds is 7. The molecule has 0 bridgehead atoms. The van der Waals surface area contributed by atoms with Crippen molar-refractivity contribution in [2.75, 3.05) is 0 Å². The van der Waals surface area contributed by atoms with Gasteiger partial charge < -0.3 is 4.42 Å². The minimum atomic E-state index is 0.593. The molecule has 0 atom stereocenters. The molecule has 0 aliphatic rings. The van der Waals surface area contributed by atoms with Crippen molar-refractivity contribution in [3.63, 3.8) is 0 Å². The Morgan fingerprint density at radius 3 is 1.44 bits per heavy atom. The summed E-state index contributed by atoms with van der Waals surface area (Å²) in [5.74, 6) is 1.83. The standard InChI is InChI=1S/C51H33N3O/c1-5-16-34(17-6-1)38-24-13-25-40(32-38)47-41(35-18-7-2-8-19-35)26-14-27-42(47)39-30-31-45-44(33-39)48-43(28-15-29-46(48)55-45)51-53-49(36-20-9-3-10-21-36)52-50(54-51)37-22-11-4-12-23-37/h1-33H. The highest BCUT2D eigenvalue weighted by atomic mass is 16.3. The normalized spacial score (nSPS) is 11.3. The third-order valence-corrected chi connectivity index (χ3v) is 10.2. The zero-order valence-electron chi connectivity index (χ0n) is 29.8. The van der Waals surface area contributed by atoms with Crippen LogP contribution in [0, 0.1) is 0 Å². The van der Waals surface area contributed by atoms with E-state index in [2.05, 4.69) is 127 Å². The number of furan rings is 1. The molecule has 0 amide bonds. The number of fused-ring (bicyclic) bond motifs is 3. The number of benzene rings is 8. The SMILES string of the molecule is c1ccc(-c2cccc(-c3c(-c4ccccc4)cccc3-c3ccc4oc5cccc(-c6nc(-c7ccccc7)nc(-c7ccccc7)n6)c5c4c3)c2)cc1. The Morgan fingerprint density at radius 2 is 0.782 bits per heavy atom. The van der Waals surface area contributed by atoms with Gasteiger partial charge in [-0.15, -0.1) is 0 Å². The molecule has 0 spiro atoms. The van der Waals surface area contributed by atoms with Crippen molar-refractivity contribution in [1.82, 2.24) is 15.0 Å². The summed E-state index contributed by atoms with van der Waals surface area (Å²) in [6.45, 7) is 0. The van der Waals surface area contributed by atoms with Crippen molar-refractivity contribution in [1.29, 1.82) is 0 Å². The molecule has 10 aromatic rings. The predicted molar refractivity (Wildman–Crippen MR) is 225 cm³/mol. The lowest BCUT2D eigenvalue weighted by atomic mass is 9.86. The highest BCUT2D eigenvalue weighted by molar-refractivity contribution is 6.13. The van der Waals surface area contributed by atoms with Crippen LogP contribution < -0.4 is 0 Å². The first-order valence-electron chi connectivity index (χ1n) is 18.4. The number of hydrogen-bond acceptors (Lipinski definition) is 4. The van der Waals surface area contributed by atoms with Gasteiger partial charge in [0.25, 0.3) is 0 Å². The molecule has 10 rings (SSSR count). The maximum Gasteiger partial charge on any atom is 0.164 e. The summed E-state index contributed by atoms with van der Waals surface area (Å²) in [6, 6.07) is 69.5.